The second-order valence-corrected chi connectivity index (χ2v) is 12.7. The fourth-order valence-electron chi connectivity index (χ4n) is 6.82. The fourth-order valence-corrected chi connectivity index (χ4v) is 9.23. The molecule has 0 aliphatic carbocycles. The zero-order chi connectivity index (χ0) is 26.7. The first-order valence-electron chi connectivity index (χ1n) is 14.0. The highest BCUT2D eigenvalue weighted by molar-refractivity contribution is 8.02. The van der Waals surface area contributed by atoms with E-state index in [1.54, 1.807) is 16.7 Å². The van der Waals surface area contributed by atoms with Gasteiger partial charge in [0.15, 0.2) is 0 Å². The number of carbonyl (C=O) groups excluding carboxylic acids is 3. The van der Waals surface area contributed by atoms with Crippen LogP contribution in [0.5, 0.6) is 0 Å². The van der Waals surface area contributed by atoms with E-state index in [4.69, 9.17) is 0 Å². The molecule has 3 aliphatic heterocycles. The van der Waals surface area contributed by atoms with Gasteiger partial charge in [-0.1, -0.05) is 77.3 Å². The third-order valence-corrected chi connectivity index (χ3v) is 11.0. The number of likely N-dealkylation sites (tertiary alicyclic amines) is 1. The monoisotopic (exact) mass is 529 g/mol. The lowest BCUT2D eigenvalue weighted by atomic mass is 9.66. The molecule has 4 rings (SSSR count). The molecule has 37 heavy (non-hydrogen) atoms. The standard InChI is InChI=1S/C29H43N3O4S/c1-5-7-11-14-30-27(35)25-29-19(4)15-22(37-29)23(26(34)31-16-20-12-9-8-10-13-20)24(29)28(36)32(25)21(17-33)18(3)6-2/h8-10,12-13,18-19,21-25,33H,5-7,11,14-17H2,1-4H3,(H,30,35)(H,31,34)/t18-,19?,21-,22-,23+,24-,25?,29?/m0/s1. The number of aliphatic hydroxyl groups is 1. The average Bonchev–Trinajstić information content (AvgIpc) is 3.50. The molecule has 0 aromatic heterocycles. The molecular weight excluding hydrogens is 486 g/mol. The highest BCUT2D eigenvalue weighted by atomic mass is 32.2. The van der Waals surface area contributed by atoms with Gasteiger partial charge in [-0.05, 0) is 30.2 Å². The molecule has 3 fully saturated rings. The van der Waals surface area contributed by atoms with Gasteiger partial charge in [0.05, 0.1) is 29.2 Å². The van der Waals surface area contributed by atoms with Gasteiger partial charge in [0.2, 0.25) is 17.7 Å². The van der Waals surface area contributed by atoms with Crippen molar-refractivity contribution in [2.24, 2.45) is 23.7 Å². The zero-order valence-corrected chi connectivity index (χ0v) is 23.4. The van der Waals surface area contributed by atoms with Crippen LogP contribution >= 0.6 is 11.8 Å². The van der Waals surface area contributed by atoms with Crippen molar-refractivity contribution >= 4 is 29.5 Å². The van der Waals surface area contributed by atoms with Crippen LogP contribution in [0.25, 0.3) is 0 Å². The minimum atomic E-state index is -0.685. The van der Waals surface area contributed by atoms with Gasteiger partial charge in [-0.3, -0.25) is 14.4 Å². The highest BCUT2D eigenvalue weighted by Crippen LogP contribution is 2.68. The maximum atomic E-state index is 14.3. The number of hydrogen-bond donors (Lipinski definition) is 3. The van der Waals surface area contributed by atoms with Crippen molar-refractivity contribution in [1.82, 2.24) is 15.5 Å². The van der Waals surface area contributed by atoms with Gasteiger partial charge in [-0.15, -0.1) is 11.8 Å². The number of nitrogens with one attached hydrogen (secondary N) is 2. The van der Waals surface area contributed by atoms with E-state index in [0.717, 1.165) is 37.7 Å². The number of aliphatic hydroxyl groups excluding tert-OH is 1. The lowest BCUT2D eigenvalue weighted by Gasteiger charge is -2.41. The SMILES string of the molecule is CCCCCNC(=O)C1N([C@@H](CO)[C@@H](C)CC)C(=O)[C@@H]2[C@H](C(=O)NCc3ccccc3)[C@@H]3CC(C)C12S3. The second kappa shape index (κ2) is 11.8. The fraction of sp³-hybridized carbons (Fsp3) is 0.690. The molecule has 0 radical (unpaired) electrons. The molecule has 3 unspecified atom stereocenters. The van der Waals surface area contributed by atoms with Gasteiger partial charge in [0, 0.05) is 18.3 Å². The Morgan fingerprint density at radius 2 is 1.89 bits per heavy atom. The van der Waals surface area contributed by atoms with Crippen LogP contribution in [0.1, 0.15) is 65.4 Å². The number of carbonyl (C=O) groups is 3. The van der Waals surface area contributed by atoms with E-state index in [9.17, 15) is 19.5 Å². The molecule has 8 heteroatoms. The quantitative estimate of drug-likeness (QED) is 0.361. The first-order valence-corrected chi connectivity index (χ1v) is 14.9. The number of unbranched alkanes of at least 4 members (excludes halogenated alkanes) is 2. The topological polar surface area (TPSA) is 98.7 Å². The molecule has 7 nitrogen and oxygen atoms in total. The zero-order valence-electron chi connectivity index (χ0n) is 22.6. The van der Waals surface area contributed by atoms with Crippen LogP contribution in [-0.2, 0) is 20.9 Å². The molecular formula is C29H43N3O4S. The van der Waals surface area contributed by atoms with Gasteiger partial charge in [-0.25, -0.2) is 0 Å². The average molecular weight is 530 g/mol. The van der Waals surface area contributed by atoms with Gasteiger partial charge in [0.25, 0.3) is 0 Å². The number of amides is 3. The molecule has 1 spiro atoms. The Balaban J connectivity index is 1.66. The van der Waals surface area contributed by atoms with Crippen LogP contribution in [0.2, 0.25) is 0 Å². The summed E-state index contributed by atoms with van der Waals surface area (Å²) in [5.74, 6) is -1.29. The van der Waals surface area contributed by atoms with Gasteiger partial charge >= 0.3 is 0 Å². The van der Waals surface area contributed by atoms with E-state index in [-0.39, 0.29) is 41.4 Å². The van der Waals surface area contributed by atoms with E-state index in [2.05, 4.69) is 24.5 Å². The summed E-state index contributed by atoms with van der Waals surface area (Å²) in [4.78, 5) is 43.4. The van der Waals surface area contributed by atoms with Crippen LogP contribution in [0.15, 0.2) is 30.3 Å². The van der Waals surface area contributed by atoms with Gasteiger partial charge < -0.3 is 20.6 Å². The van der Waals surface area contributed by atoms with Crippen molar-refractivity contribution < 1.29 is 19.5 Å². The molecule has 8 atom stereocenters. The minimum Gasteiger partial charge on any atom is -0.394 e. The third-order valence-electron chi connectivity index (χ3n) is 8.97. The van der Waals surface area contributed by atoms with Crippen molar-refractivity contribution in [3.05, 3.63) is 35.9 Å². The number of thioether (sulfide) groups is 1. The predicted octanol–water partition coefficient (Wildman–Crippen LogP) is 3.35. The molecule has 3 aliphatic rings. The summed E-state index contributed by atoms with van der Waals surface area (Å²) in [6.45, 7) is 9.10. The Morgan fingerprint density at radius 3 is 2.54 bits per heavy atom. The summed E-state index contributed by atoms with van der Waals surface area (Å²) < 4.78 is -0.660. The molecule has 2 bridgehead atoms. The van der Waals surface area contributed by atoms with E-state index in [0.29, 0.717) is 13.1 Å². The van der Waals surface area contributed by atoms with Crippen LogP contribution in [0.3, 0.4) is 0 Å². The second-order valence-electron chi connectivity index (χ2n) is 11.1. The first kappa shape index (κ1) is 28.0. The number of nitrogens with zero attached hydrogens (tertiary/aromatic N) is 1. The summed E-state index contributed by atoms with van der Waals surface area (Å²) in [5, 5.41) is 16.6. The normalized spacial score (nSPS) is 31.8. The van der Waals surface area contributed by atoms with Gasteiger partial charge in [0.1, 0.15) is 6.04 Å². The Kier molecular flexibility index (Phi) is 8.89. The molecule has 3 heterocycles. The van der Waals surface area contributed by atoms with Crippen molar-refractivity contribution in [3.63, 3.8) is 0 Å². The summed E-state index contributed by atoms with van der Waals surface area (Å²) >= 11 is 1.68. The van der Waals surface area contributed by atoms with Crippen molar-refractivity contribution in [2.75, 3.05) is 13.2 Å². The van der Waals surface area contributed by atoms with E-state index >= 15 is 0 Å². The molecule has 3 saturated heterocycles. The van der Waals surface area contributed by atoms with Crippen LogP contribution < -0.4 is 10.6 Å². The predicted molar refractivity (Wildman–Crippen MR) is 147 cm³/mol. The third kappa shape index (κ3) is 4.91. The maximum Gasteiger partial charge on any atom is 0.244 e. The van der Waals surface area contributed by atoms with Crippen molar-refractivity contribution in [1.29, 1.82) is 0 Å². The molecule has 1 aromatic carbocycles. The van der Waals surface area contributed by atoms with Crippen LogP contribution in [-0.4, -0.2) is 63.0 Å². The lowest BCUT2D eigenvalue weighted by Crippen LogP contribution is -2.59. The maximum absolute atomic E-state index is 14.3. The van der Waals surface area contributed by atoms with Crippen LogP contribution in [0.4, 0.5) is 0 Å². The Hall–Kier alpha value is -2.06. The Morgan fingerprint density at radius 1 is 1.16 bits per heavy atom. The largest absolute Gasteiger partial charge is 0.394 e. The smallest absolute Gasteiger partial charge is 0.244 e. The molecule has 3 N–H and O–H groups in total. The highest BCUT2D eigenvalue weighted by Gasteiger charge is 2.76. The van der Waals surface area contributed by atoms with Crippen molar-refractivity contribution in [2.45, 2.75) is 88.4 Å². The lowest BCUT2D eigenvalue weighted by molar-refractivity contribution is -0.144. The summed E-state index contributed by atoms with van der Waals surface area (Å²) in [7, 11) is 0. The van der Waals surface area contributed by atoms with E-state index < -0.39 is 28.7 Å². The number of benzene rings is 1. The summed E-state index contributed by atoms with van der Waals surface area (Å²) in [5.41, 5.74) is 1.01. The first-order chi connectivity index (χ1) is 17.8. The molecule has 1 aromatic rings. The molecule has 0 saturated carbocycles. The number of fused-ring (bicyclic) bond motifs is 1. The summed E-state index contributed by atoms with van der Waals surface area (Å²) in [6.07, 6.45) is 4.57. The van der Waals surface area contributed by atoms with E-state index in [1.807, 2.05) is 44.2 Å². The number of hydrogen-bond acceptors (Lipinski definition) is 5. The Labute approximate surface area is 225 Å². The van der Waals surface area contributed by atoms with Crippen molar-refractivity contribution in [3.8, 4) is 0 Å². The van der Waals surface area contributed by atoms with Crippen LogP contribution in [0, 0.1) is 23.7 Å². The molecule has 204 valence electrons. The Bertz CT molecular complexity index is 975. The van der Waals surface area contributed by atoms with E-state index in [1.165, 1.54) is 0 Å². The minimum absolute atomic E-state index is 0.00781. The molecule has 3 amide bonds. The summed E-state index contributed by atoms with van der Waals surface area (Å²) in [6, 6.07) is 8.63. The number of rotatable bonds is 12. The van der Waals surface area contributed by atoms with Gasteiger partial charge in [-0.2, -0.15) is 0 Å².